The van der Waals surface area contributed by atoms with Crippen LogP contribution in [-0.2, 0) is 11.3 Å². The van der Waals surface area contributed by atoms with Crippen molar-refractivity contribution in [1.82, 2.24) is 10.2 Å². The summed E-state index contributed by atoms with van der Waals surface area (Å²) in [7, 11) is 1.68. The van der Waals surface area contributed by atoms with Gasteiger partial charge in [0.05, 0.1) is 7.11 Å². The van der Waals surface area contributed by atoms with E-state index in [2.05, 4.69) is 36.2 Å². The van der Waals surface area contributed by atoms with E-state index in [9.17, 15) is 4.79 Å². The van der Waals surface area contributed by atoms with Crippen molar-refractivity contribution in [2.75, 3.05) is 26.7 Å². The molecule has 4 nitrogen and oxygen atoms in total. The number of hydrogen-bond donors (Lipinski definition) is 1. The summed E-state index contributed by atoms with van der Waals surface area (Å²) in [5.41, 5.74) is 1.29. The van der Waals surface area contributed by atoms with Crippen LogP contribution in [0.5, 0.6) is 5.75 Å². The first-order chi connectivity index (χ1) is 10.6. The minimum Gasteiger partial charge on any atom is -0.497 e. The minimum absolute atomic E-state index is 0.186. The van der Waals surface area contributed by atoms with Crippen LogP contribution in [0.3, 0.4) is 0 Å². The van der Waals surface area contributed by atoms with Gasteiger partial charge < -0.3 is 10.1 Å². The highest BCUT2D eigenvalue weighted by Gasteiger charge is 2.24. The fourth-order valence-corrected chi connectivity index (χ4v) is 2.79. The second-order valence-corrected chi connectivity index (χ2v) is 6.54. The van der Waals surface area contributed by atoms with Crippen molar-refractivity contribution in [3.05, 3.63) is 29.8 Å². The van der Waals surface area contributed by atoms with E-state index >= 15 is 0 Å². The maximum atomic E-state index is 12.1. The topological polar surface area (TPSA) is 41.6 Å². The van der Waals surface area contributed by atoms with Crippen LogP contribution in [0.4, 0.5) is 0 Å². The molecule has 1 aromatic carbocycles. The highest BCUT2D eigenvalue weighted by atomic mass is 16.5. The third-order valence-corrected chi connectivity index (χ3v) is 4.21. The van der Waals surface area contributed by atoms with Gasteiger partial charge >= 0.3 is 0 Å². The predicted molar refractivity (Wildman–Crippen MR) is 88.8 cm³/mol. The first kappa shape index (κ1) is 16.8. The molecule has 0 spiro atoms. The predicted octanol–water partition coefficient (Wildman–Crippen LogP) is 2.68. The molecule has 1 aliphatic heterocycles. The zero-order valence-corrected chi connectivity index (χ0v) is 14.0. The highest BCUT2D eigenvalue weighted by Crippen LogP contribution is 2.20. The van der Waals surface area contributed by atoms with E-state index in [1.165, 1.54) is 5.56 Å². The van der Waals surface area contributed by atoms with Crippen LogP contribution in [0.25, 0.3) is 0 Å². The molecule has 1 saturated heterocycles. The molecule has 0 aromatic heterocycles. The lowest BCUT2D eigenvalue weighted by Crippen LogP contribution is -2.41. The van der Waals surface area contributed by atoms with E-state index in [0.29, 0.717) is 5.92 Å². The Bertz CT molecular complexity index is 462. The summed E-state index contributed by atoms with van der Waals surface area (Å²) in [6.07, 6.45) is 1.92. The van der Waals surface area contributed by atoms with E-state index < -0.39 is 0 Å². The molecule has 22 heavy (non-hydrogen) atoms. The lowest BCUT2D eigenvalue weighted by molar-refractivity contribution is -0.126. The molecule has 0 bridgehead atoms. The Balaban J connectivity index is 1.75. The summed E-state index contributed by atoms with van der Waals surface area (Å²) in [6, 6.07) is 8.23. The van der Waals surface area contributed by atoms with E-state index in [-0.39, 0.29) is 11.8 Å². The van der Waals surface area contributed by atoms with Crippen LogP contribution in [0.2, 0.25) is 0 Å². The van der Waals surface area contributed by atoms with Gasteiger partial charge in [0.1, 0.15) is 5.75 Å². The van der Waals surface area contributed by atoms with Crippen molar-refractivity contribution in [2.45, 2.75) is 33.2 Å². The summed E-state index contributed by atoms with van der Waals surface area (Å²) in [5, 5.41) is 3.06. The molecule has 1 N–H and O–H groups in total. The van der Waals surface area contributed by atoms with E-state index in [0.717, 1.165) is 44.8 Å². The lowest BCUT2D eigenvalue weighted by Gasteiger charge is -2.31. The molecule has 0 aliphatic carbocycles. The quantitative estimate of drug-likeness (QED) is 0.878. The van der Waals surface area contributed by atoms with Crippen LogP contribution in [0.1, 0.15) is 32.3 Å². The Hall–Kier alpha value is -1.55. The fourth-order valence-electron chi connectivity index (χ4n) is 2.79. The maximum Gasteiger partial charge on any atom is 0.223 e. The number of carbonyl (C=O) groups excluding carboxylic acids is 1. The summed E-state index contributed by atoms with van der Waals surface area (Å²) in [5.74, 6) is 1.83. The Labute approximate surface area is 133 Å². The number of hydrogen-bond acceptors (Lipinski definition) is 3. The first-order valence-corrected chi connectivity index (χ1v) is 8.21. The van der Waals surface area contributed by atoms with Gasteiger partial charge in [-0.1, -0.05) is 26.0 Å². The lowest BCUT2D eigenvalue weighted by atomic mass is 9.95. The molecular formula is C18H28N2O2. The fraction of sp³-hybridized carbons (Fsp3) is 0.611. The molecular weight excluding hydrogens is 276 g/mol. The van der Waals surface area contributed by atoms with Gasteiger partial charge in [0, 0.05) is 19.0 Å². The van der Waals surface area contributed by atoms with Crippen LogP contribution in [0.15, 0.2) is 24.3 Å². The third kappa shape index (κ3) is 5.02. The smallest absolute Gasteiger partial charge is 0.223 e. The summed E-state index contributed by atoms with van der Waals surface area (Å²) >= 11 is 0. The molecule has 1 fully saturated rings. The number of ether oxygens (including phenoxy) is 1. The second-order valence-electron chi connectivity index (χ2n) is 6.54. The molecule has 0 unspecified atom stereocenters. The van der Waals surface area contributed by atoms with Gasteiger partial charge in [0.2, 0.25) is 5.91 Å². The number of rotatable bonds is 6. The van der Waals surface area contributed by atoms with Gasteiger partial charge in [0.25, 0.3) is 0 Å². The van der Waals surface area contributed by atoms with E-state index in [4.69, 9.17) is 4.74 Å². The van der Waals surface area contributed by atoms with Crippen molar-refractivity contribution in [3.63, 3.8) is 0 Å². The number of nitrogens with zero attached hydrogens (tertiary/aromatic N) is 1. The molecule has 1 aromatic rings. The third-order valence-electron chi connectivity index (χ3n) is 4.21. The molecule has 0 saturated carbocycles. The zero-order chi connectivity index (χ0) is 15.9. The number of benzene rings is 1. The van der Waals surface area contributed by atoms with Gasteiger partial charge in [-0.3, -0.25) is 9.69 Å². The van der Waals surface area contributed by atoms with Gasteiger partial charge in [-0.05, 0) is 49.5 Å². The summed E-state index contributed by atoms with van der Waals surface area (Å²) in [6.45, 7) is 7.96. The largest absolute Gasteiger partial charge is 0.497 e. The molecule has 4 heteroatoms. The normalized spacial score (nSPS) is 16.7. The van der Waals surface area contributed by atoms with Crippen molar-refractivity contribution >= 4 is 5.91 Å². The van der Waals surface area contributed by atoms with Crippen LogP contribution < -0.4 is 10.1 Å². The average Bonchev–Trinajstić information content (AvgIpc) is 2.54. The number of methoxy groups -OCH3 is 1. The number of amides is 1. The monoisotopic (exact) mass is 304 g/mol. The van der Waals surface area contributed by atoms with Crippen molar-refractivity contribution in [3.8, 4) is 5.75 Å². The standard InChI is InChI=1S/C18H28N2O2/c1-14(2)12-19-18(21)16-8-10-20(11-9-16)13-15-4-6-17(22-3)7-5-15/h4-7,14,16H,8-13H2,1-3H3,(H,19,21). The van der Waals surface area contributed by atoms with Crippen molar-refractivity contribution in [2.24, 2.45) is 11.8 Å². The molecule has 122 valence electrons. The van der Waals surface area contributed by atoms with E-state index in [1.54, 1.807) is 7.11 Å². The molecule has 2 rings (SSSR count). The first-order valence-electron chi connectivity index (χ1n) is 8.21. The van der Waals surface area contributed by atoms with Gasteiger partial charge in [-0.25, -0.2) is 0 Å². The minimum atomic E-state index is 0.186. The van der Waals surface area contributed by atoms with Crippen LogP contribution in [0, 0.1) is 11.8 Å². The van der Waals surface area contributed by atoms with Gasteiger partial charge in [-0.2, -0.15) is 0 Å². The molecule has 1 aliphatic rings. The molecule has 0 atom stereocenters. The number of carbonyl (C=O) groups is 1. The maximum absolute atomic E-state index is 12.1. The van der Waals surface area contributed by atoms with Crippen molar-refractivity contribution in [1.29, 1.82) is 0 Å². The molecule has 1 amide bonds. The summed E-state index contributed by atoms with van der Waals surface area (Å²) in [4.78, 5) is 14.5. The van der Waals surface area contributed by atoms with Crippen molar-refractivity contribution < 1.29 is 9.53 Å². The highest BCUT2D eigenvalue weighted by molar-refractivity contribution is 5.78. The molecule has 1 heterocycles. The number of likely N-dealkylation sites (tertiary alicyclic amines) is 1. The SMILES string of the molecule is COc1ccc(CN2CCC(C(=O)NCC(C)C)CC2)cc1. The van der Waals surface area contributed by atoms with Gasteiger partial charge in [0.15, 0.2) is 0 Å². The molecule has 0 radical (unpaired) electrons. The van der Waals surface area contributed by atoms with Crippen LogP contribution >= 0.6 is 0 Å². The zero-order valence-electron chi connectivity index (χ0n) is 14.0. The Morgan fingerprint density at radius 2 is 1.91 bits per heavy atom. The number of nitrogens with one attached hydrogen (secondary N) is 1. The average molecular weight is 304 g/mol. The number of piperidine rings is 1. The second kappa shape index (κ2) is 8.18. The Morgan fingerprint density at radius 1 is 1.27 bits per heavy atom. The van der Waals surface area contributed by atoms with Gasteiger partial charge in [-0.15, -0.1) is 0 Å². The Kier molecular flexibility index (Phi) is 6.25. The Morgan fingerprint density at radius 3 is 2.45 bits per heavy atom. The van der Waals surface area contributed by atoms with E-state index in [1.807, 2.05) is 12.1 Å². The van der Waals surface area contributed by atoms with Crippen LogP contribution in [-0.4, -0.2) is 37.6 Å². The summed E-state index contributed by atoms with van der Waals surface area (Å²) < 4.78 is 5.18.